The zero-order valence-electron chi connectivity index (χ0n) is 10.9. The van der Waals surface area contributed by atoms with E-state index in [0.29, 0.717) is 6.54 Å². The molecule has 1 atom stereocenters. The molecule has 1 saturated carbocycles. The summed E-state index contributed by atoms with van der Waals surface area (Å²) < 4.78 is 5.12. The van der Waals surface area contributed by atoms with E-state index < -0.39 is 0 Å². The van der Waals surface area contributed by atoms with Gasteiger partial charge >= 0.3 is 0 Å². The van der Waals surface area contributed by atoms with E-state index in [0.717, 1.165) is 24.1 Å². The molecule has 0 saturated heterocycles. The maximum atomic E-state index is 12.2. The molecule has 4 nitrogen and oxygen atoms in total. The number of anilines is 1. The third-order valence-corrected chi connectivity index (χ3v) is 3.60. The van der Waals surface area contributed by atoms with Crippen molar-refractivity contribution in [1.29, 1.82) is 0 Å². The average molecular weight is 248 g/mol. The van der Waals surface area contributed by atoms with E-state index in [1.165, 1.54) is 0 Å². The van der Waals surface area contributed by atoms with E-state index in [1.54, 1.807) is 7.11 Å². The molecule has 1 amide bonds. The molecule has 1 aliphatic carbocycles. The first-order chi connectivity index (χ1) is 8.58. The third kappa shape index (κ3) is 2.48. The molecule has 98 valence electrons. The van der Waals surface area contributed by atoms with Crippen LogP contribution in [0.25, 0.3) is 0 Å². The molecule has 1 fully saturated rings. The summed E-state index contributed by atoms with van der Waals surface area (Å²) >= 11 is 0. The Morgan fingerprint density at radius 2 is 2.06 bits per heavy atom. The van der Waals surface area contributed by atoms with E-state index in [9.17, 15) is 4.79 Å². The highest BCUT2D eigenvalue weighted by atomic mass is 16.5. The molecule has 1 unspecified atom stereocenters. The zero-order valence-corrected chi connectivity index (χ0v) is 10.9. The Kier molecular flexibility index (Phi) is 3.57. The van der Waals surface area contributed by atoms with Gasteiger partial charge in [-0.2, -0.15) is 0 Å². The smallest absolute Gasteiger partial charge is 0.230 e. The van der Waals surface area contributed by atoms with Gasteiger partial charge in [-0.25, -0.2) is 0 Å². The number of hydrogen-bond donors (Lipinski definition) is 2. The van der Waals surface area contributed by atoms with Crippen molar-refractivity contribution in [2.75, 3.05) is 19.4 Å². The van der Waals surface area contributed by atoms with Crippen LogP contribution in [0.2, 0.25) is 0 Å². The minimum absolute atomic E-state index is 0.0381. The monoisotopic (exact) mass is 248 g/mol. The number of nitrogen functional groups attached to an aromatic ring is 1. The van der Waals surface area contributed by atoms with Crippen LogP contribution in [0.5, 0.6) is 0 Å². The van der Waals surface area contributed by atoms with Crippen molar-refractivity contribution in [3.63, 3.8) is 0 Å². The number of hydrogen-bond acceptors (Lipinski definition) is 3. The summed E-state index contributed by atoms with van der Waals surface area (Å²) in [7, 11) is 1.64. The number of nitrogens with one attached hydrogen (secondary N) is 1. The fraction of sp³-hybridized carbons (Fsp3) is 0.500. The molecule has 0 spiro atoms. The van der Waals surface area contributed by atoms with Crippen LogP contribution in [-0.2, 0) is 14.9 Å². The van der Waals surface area contributed by atoms with Gasteiger partial charge in [0.25, 0.3) is 0 Å². The number of benzene rings is 1. The van der Waals surface area contributed by atoms with Crippen molar-refractivity contribution in [2.24, 2.45) is 0 Å². The normalized spacial score (nSPS) is 18.1. The van der Waals surface area contributed by atoms with Gasteiger partial charge in [0.2, 0.25) is 5.91 Å². The molecule has 1 aromatic rings. The van der Waals surface area contributed by atoms with Crippen molar-refractivity contribution in [3.05, 3.63) is 29.8 Å². The summed E-state index contributed by atoms with van der Waals surface area (Å²) in [6.45, 7) is 2.48. The van der Waals surface area contributed by atoms with Crippen LogP contribution in [0.3, 0.4) is 0 Å². The fourth-order valence-electron chi connectivity index (χ4n) is 2.06. The summed E-state index contributed by atoms with van der Waals surface area (Å²) in [6, 6.07) is 7.59. The molecule has 1 aliphatic rings. The predicted molar refractivity (Wildman–Crippen MR) is 71.2 cm³/mol. The molecule has 0 aromatic heterocycles. The Bertz CT molecular complexity index is 424. The molecular weight excluding hydrogens is 228 g/mol. The van der Waals surface area contributed by atoms with Crippen molar-refractivity contribution in [2.45, 2.75) is 31.3 Å². The Labute approximate surface area is 108 Å². The topological polar surface area (TPSA) is 64.3 Å². The SMILES string of the molecule is COC(C)CNC(=O)C1(c2ccc(N)cc2)CC1. The lowest BCUT2D eigenvalue weighted by Crippen LogP contribution is -2.38. The Morgan fingerprint density at radius 3 is 2.56 bits per heavy atom. The van der Waals surface area contributed by atoms with Gasteiger partial charge in [-0.05, 0) is 37.5 Å². The fourth-order valence-corrected chi connectivity index (χ4v) is 2.06. The highest BCUT2D eigenvalue weighted by Crippen LogP contribution is 2.48. The van der Waals surface area contributed by atoms with E-state index >= 15 is 0 Å². The van der Waals surface area contributed by atoms with Crippen LogP contribution in [0.1, 0.15) is 25.3 Å². The molecule has 18 heavy (non-hydrogen) atoms. The maximum absolute atomic E-state index is 12.2. The van der Waals surface area contributed by atoms with Crippen LogP contribution < -0.4 is 11.1 Å². The summed E-state index contributed by atoms with van der Waals surface area (Å²) in [4.78, 5) is 12.2. The summed E-state index contributed by atoms with van der Waals surface area (Å²) in [6.07, 6.45) is 1.85. The highest BCUT2D eigenvalue weighted by Gasteiger charge is 2.51. The number of amides is 1. The van der Waals surface area contributed by atoms with Gasteiger partial charge in [-0.1, -0.05) is 12.1 Å². The lowest BCUT2D eigenvalue weighted by atomic mass is 9.94. The van der Waals surface area contributed by atoms with Gasteiger partial charge in [-0.3, -0.25) is 4.79 Å². The average Bonchev–Trinajstić information content (AvgIpc) is 3.17. The van der Waals surface area contributed by atoms with Crippen molar-refractivity contribution in [1.82, 2.24) is 5.32 Å². The van der Waals surface area contributed by atoms with Crippen LogP contribution in [0.15, 0.2) is 24.3 Å². The van der Waals surface area contributed by atoms with Crippen LogP contribution >= 0.6 is 0 Å². The summed E-state index contributed by atoms with van der Waals surface area (Å²) in [5, 5.41) is 2.95. The molecule has 0 bridgehead atoms. The Morgan fingerprint density at radius 1 is 1.44 bits per heavy atom. The van der Waals surface area contributed by atoms with Gasteiger partial charge < -0.3 is 15.8 Å². The van der Waals surface area contributed by atoms with Gasteiger partial charge in [0.15, 0.2) is 0 Å². The summed E-state index contributed by atoms with van der Waals surface area (Å²) in [5.74, 6) is 0.0937. The standard InChI is InChI=1S/C14H20N2O2/c1-10(18-2)9-16-13(17)14(7-8-14)11-3-5-12(15)6-4-11/h3-6,10H,7-9,15H2,1-2H3,(H,16,17). The quantitative estimate of drug-likeness (QED) is 0.775. The number of rotatable bonds is 5. The lowest BCUT2D eigenvalue weighted by molar-refractivity contribution is -0.124. The van der Waals surface area contributed by atoms with Crippen LogP contribution in [0, 0.1) is 0 Å². The molecule has 4 heteroatoms. The van der Waals surface area contributed by atoms with Gasteiger partial charge in [0.05, 0.1) is 11.5 Å². The lowest BCUT2D eigenvalue weighted by Gasteiger charge is -2.17. The van der Waals surface area contributed by atoms with E-state index in [1.807, 2.05) is 31.2 Å². The number of ether oxygens (including phenoxy) is 1. The number of carbonyl (C=O) groups excluding carboxylic acids is 1. The number of methoxy groups -OCH3 is 1. The Hall–Kier alpha value is -1.55. The molecule has 0 heterocycles. The number of carbonyl (C=O) groups is 1. The molecule has 3 N–H and O–H groups in total. The van der Waals surface area contributed by atoms with E-state index in [2.05, 4.69) is 5.32 Å². The van der Waals surface area contributed by atoms with Crippen molar-refractivity contribution in [3.8, 4) is 0 Å². The second-order valence-electron chi connectivity index (χ2n) is 4.96. The largest absolute Gasteiger partial charge is 0.399 e. The first-order valence-electron chi connectivity index (χ1n) is 6.25. The first kappa shape index (κ1) is 12.9. The van der Waals surface area contributed by atoms with E-state index in [-0.39, 0.29) is 17.4 Å². The second-order valence-corrected chi connectivity index (χ2v) is 4.96. The van der Waals surface area contributed by atoms with Crippen molar-refractivity contribution < 1.29 is 9.53 Å². The minimum Gasteiger partial charge on any atom is -0.399 e. The zero-order chi connectivity index (χ0) is 13.2. The van der Waals surface area contributed by atoms with Gasteiger partial charge in [-0.15, -0.1) is 0 Å². The van der Waals surface area contributed by atoms with Crippen LogP contribution in [-0.4, -0.2) is 25.7 Å². The Balaban J connectivity index is 2.03. The maximum Gasteiger partial charge on any atom is 0.230 e. The minimum atomic E-state index is -0.332. The number of nitrogens with two attached hydrogens (primary N) is 1. The molecular formula is C14H20N2O2. The van der Waals surface area contributed by atoms with Crippen LogP contribution in [0.4, 0.5) is 5.69 Å². The third-order valence-electron chi connectivity index (χ3n) is 3.60. The first-order valence-corrected chi connectivity index (χ1v) is 6.25. The summed E-state index contributed by atoms with van der Waals surface area (Å²) in [5.41, 5.74) is 7.11. The molecule has 2 rings (SSSR count). The van der Waals surface area contributed by atoms with Gasteiger partial charge in [0.1, 0.15) is 0 Å². The van der Waals surface area contributed by atoms with E-state index in [4.69, 9.17) is 10.5 Å². The second kappa shape index (κ2) is 4.98. The molecule has 0 aliphatic heterocycles. The predicted octanol–water partition coefficient (Wildman–Crippen LogP) is 1.45. The molecule has 1 aromatic carbocycles. The highest BCUT2D eigenvalue weighted by molar-refractivity contribution is 5.91. The van der Waals surface area contributed by atoms with Gasteiger partial charge in [0, 0.05) is 19.3 Å². The molecule has 0 radical (unpaired) electrons. The van der Waals surface area contributed by atoms with Crippen molar-refractivity contribution >= 4 is 11.6 Å².